The maximum Gasteiger partial charge on any atom is 0.228 e. The molecule has 0 aromatic rings. The highest BCUT2D eigenvalue weighted by Gasteiger charge is 2.40. The summed E-state index contributed by atoms with van der Waals surface area (Å²) in [6, 6.07) is 0. The number of hydrogen-bond acceptors (Lipinski definition) is 1. The summed E-state index contributed by atoms with van der Waals surface area (Å²) in [5.74, 6) is 0.999. The zero-order valence-electron chi connectivity index (χ0n) is 10.3. The fourth-order valence-corrected chi connectivity index (χ4v) is 3.42. The van der Waals surface area contributed by atoms with Crippen LogP contribution in [0.4, 0.5) is 0 Å². The Morgan fingerprint density at radius 2 is 2.00 bits per heavy atom. The molecule has 2 nitrogen and oxygen atoms in total. The minimum Gasteiger partial charge on any atom is -0.342 e. The first kappa shape index (κ1) is 12.4. The second kappa shape index (κ2) is 4.67. The molecule has 0 bridgehead atoms. The van der Waals surface area contributed by atoms with Crippen LogP contribution in [0.5, 0.6) is 0 Å². The van der Waals surface area contributed by atoms with Gasteiger partial charge in [0, 0.05) is 23.3 Å². The molecule has 1 amide bonds. The van der Waals surface area contributed by atoms with Crippen LogP contribution in [0.1, 0.15) is 46.0 Å². The van der Waals surface area contributed by atoms with Crippen LogP contribution in [0, 0.1) is 11.3 Å². The molecule has 2 fully saturated rings. The van der Waals surface area contributed by atoms with E-state index >= 15 is 0 Å². The molecule has 2 aliphatic rings. The van der Waals surface area contributed by atoms with Gasteiger partial charge in [-0.15, -0.1) is 0 Å². The van der Waals surface area contributed by atoms with Crippen molar-refractivity contribution in [3.8, 4) is 0 Å². The first-order valence-electron chi connectivity index (χ1n) is 6.46. The van der Waals surface area contributed by atoms with Gasteiger partial charge >= 0.3 is 0 Å². The molecule has 1 saturated heterocycles. The van der Waals surface area contributed by atoms with E-state index in [0.717, 1.165) is 32.4 Å². The fraction of sp³-hybridized carbons (Fsp3) is 0.923. The number of piperidine rings is 1. The standard InChI is InChI=1S/C13H22BrNO/c1-10-9-15(8-5-11(10)14)12(16)13(2)6-3-4-7-13/h10-11H,3-9H2,1-2H3. The van der Waals surface area contributed by atoms with E-state index in [1.807, 2.05) is 0 Å². The highest BCUT2D eigenvalue weighted by atomic mass is 79.9. The van der Waals surface area contributed by atoms with Crippen LogP contribution < -0.4 is 0 Å². The highest BCUT2D eigenvalue weighted by Crippen LogP contribution is 2.40. The molecule has 2 unspecified atom stereocenters. The van der Waals surface area contributed by atoms with Crippen LogP contribution in [0.2, 0.25) is 0 Å². The molecule has 0 aromatic carbocycles. The zero-order valence-corrected chi connectivity index (χ0v) is 11.9. The van der Waals surface area contributed by atoms with Gasteiger partial charge in [0.2, 0.25) is 5.91 Å². The number of hydrogen-bond donors (Lipinski definition) is 0. The number of rotatable bonds is 1. The molecule has 2 atom stereocenters. The molecule has 2 rings (SSSR count). The lowest BCUT2D eigenvalue weighted by Gasteiger charge is -2.38. The predicted octanol–water partition coefficient (Wildman–Crippen LogP) is 3.20. The number of amides is 1. The molecular weight excluding hydrogens is 266 g/mol. The van der Waals surface area contributed by atoms with E-state index in [1.54, 1.807) is 0 Å². The molecule has 92 valence electrons. The summed E-state index contributed by atoms with van der Waals surface area (Å²) < 4.78 is 0. The van der Waals surface area contributed by atoms with Crippen molar-refractivity contribution in [1.29, 1.82) is 0 Å². The van der Waals surface area contributed by atoms with Crippen LogP contribution in [0.15, 0.2) is 0 Å². The van der Waals surface area contributed by atoms with Crippen molar-refractivity contribution in [3.05, 3.63) is 0 Å². The Kier molecular flexibility index (Phi) is 3.62. The van der Waals surface area contributed by atoms with Crippen LogP contribution in [0.3, 0.4) is 0 Å². The third kappa shape index (κ3) is 2.29. The van der Waals surface area contributed by atoms with Gasteiger partial charge in [-0.1, -0.05) is 42.6 Å². The molecule has 0 N–H and O–H groups in total. The summed E-state index contributed by atoms with van der Waals surface area (Å²) in [7, 11) is 0. The number of nitrogens with zero attached hydrogens (tertiary/aromatic N) is 1. The van der Waals surface area contributed by atoms with Gasteiger partial charge in [-0.05, 0) is 25.2 Å². The van der Waals surface area contributed by atoms with Gasteiger partial charge < -0.3 is 4.90 Å². The van der Waals surface area contributed by atoms with Crippen molar-refractivity contribution in [1.82, 2.24) is 4.90 Å². The fourth-order valence-electron chi connectivity index (χ4n) is 3.05. The third-order valence-corrected chi connectivity index (χ3v) is 5.67. The number of alkyl halides is 1. The molecule has 0 radical (unpaired) electrons. The second-order valence-electron chi connectivity index (χ2n) is 5.80. The van der Waals surface area contributed by atoms with Crippen LogP contribution in [-0.4, -0.2) is 28.7 Å². The minimum atomic E-state index is -0.0428. The van der Waals surface area contributed by atoms with Crippen molar-refractivity contribution in [2.75, 3.05) is 13.1 Å². The highest BCUT2D eigenvalue weighted by molar-refractivity contribution is 9.09. The number of carbonyl (C=O) groups is 1. The van der Waals surface area contributed by atoms with Crippen molar-refractivity contribution in [2.45, 2.75) is 50.8 Å². The molecule has 1 aliphatic heterocycles. The lowest BCUT2D eigenvalue weighted by Crippen LogP contribution is -2.48. The molecule has 16 heavy (non-hydrogen) atoms. The predicted molar refractivity (Wildman–Crippen MR) is 69.7 cm³/mol. The smallest absolute Gasteiger partial charge is 0.228 e. The normalized spacial score (nSPS) is 34.1. The monoisotopic (exact) mass is 287 g/mol. The SMILES string of the molecule is CC1CN(C(=O)C2(C)CCCC2)CCC1Br. The Labute approximate surface area is 107 Å². The summed E-state index contributed by atoms with van der Waals surface area (Å²) in [6.45, 7) is 6.27. The van der Waals surface area contributed by atoms with Gasteiger partial charge in [-0.2, -0.15) is 0 Å². The van der Waals surface area contributed by atoms with Gasteiger partial charge in [0.1, 0.15) is 0 Å². The van der Waals surface area contributed by atoms with E-state index in [0.29, 0.717) is 16.7 Å². The van der Waals surface area contributed by atoms with E-state index in [4.69, 9.17) is 0 Å². The summed E-state index contributed by atoms with van der Waals surface area (Å²) >= 11 is 3.69. The van der Waals surface area contributed by atoms with Gasteiger partial charge in [-0.25, -0.2) is 0 Å². The number of halogens is 1. The average molecular weight is 288 g/mol. The molecule has 1 saturated carbocycles. The van der Waals surface area contributed by atoms with Crippen molar-refractivity contribution < 1.29 is 4.79 Å². The summed E-state index contributed by atoms with van der Waals surface area (Å²) in [5.41, 5.74) is -0.0428. The number of likely N-dealkylation sites (tertiary alicyclic amines) is 1. The lowest BCUT2D eigenvalue weighted by molar-refractivity contribution is -0.142. The summed E-state index contributed by atoms with van der Waals surface area (Å²) in [5, 5.41) is 0. The summed E-state index contributed by atoms with van der Waals surface area (Å²) in [4.78, 5) is 15.2. The van der Waals surface area contributed by atoms with Crippen molar-refractivity contribution in [2.24, 2.45) is 11.3 Å². The third-order valence-electron chi connectivity index (χ3n) is 4.31. The Morgan fingerprint density at radius 3 is 2.56 bits per heavy atom. The Hall–Kier alpha value is -0.0500. The molecule has 1 heterocycles. The van der Waals surface area contributed by atoms with E-state index in [2.05, 4.69) is 34.7 Å². The van der Waals surface area contributed by atoms with E-state index < -0.39 is 0 Å². The Balaban J connectivity index is 2.00. The summed E-state index contributed by atoms with van der Waals surface area (Å²) in [6.07, 6.45) is 5.74. The molecular formula is C13H22BrNO. The van der Waals surface area contributed by atoms with Gasteiger partial charge in [0.25, 0.3) is 0 Å². The molecule has 0 aromatic heterocycles. The number of carbonyl (C=O) groups excluding carboxylic acids is 1. The van der Waals surface area contributed by atoms with E-state index in [9.17, 15) is 4.79 Å². The van der Waals surface area contributed by atoms with E-state index in [1.165, 1.54) is 12.8 Å². The van der Waals surface area contributed by atoms with Gasteiger partial charge in [0.05, 0.1) is 0 Å². The maximum absolute atomic E-state index is 12.5. The zero-order chi connectivity index (χ0) is 11.8. The molecule has 1 aliphatic carbocycles. The largest absolute Gasteiger partial charge is 0.342 e. The van der Waals surface area contributed by atoms with Crippen molar-refractivity contribution in [3.63, 3.8) is 0 Å². The molecule has 3 heteroatoms. The lowest BCUT2D eigenvalue weighted by atomic mass is 9.86. The maximum atomic E-state index is 12.5. The van der Waals surface area contributed by atoms with E-state index in [-0.39, 0.29) is 5.41 Å². The Morgan fingerprint density at radius 1 is 1.38 bits per heavy atom. The van der Waals surface area contributed by atoms with Gasteiger partial charge in [-0.3, -0.25) is 4.79 Å². The first-order chi connectivity index (χ1) is 7.53. The molecule has 0 spiro atoms. The quantitative estimate of drug-likeness (QED) is 0.679. The van der Waals surface area contributed by atoms with Crippen LogP contribution in [-0.2, 0) is 4.79 Å². The first-order valence-corrected chi connectivity index (χ1v) is 7.38. The van der Waals surface area contributed by atoms with Gasteiger partial charge in [0.15, 0.2) is 0 Å². The van der Waals surface area contributed by atoms with Crippen LogP contribution >= 0.6 is 15.9 Å². The minimum absolute atomic E-state index is 0.0428. The van der Waals surface area contributed by atoms with Crippen molar-refractivity contribution >= 4 is 21.8 Å². The topological polar surface area (TPSA) is 20.3 Å². The average Bonchev–Trinajstić information content (AvgIpc) is 2.70. The van der Waals surface area contributed by atoms with Crippen LogP contribution in [0.25, 0.3) is 0 Å². The Bertz CT molecular complexity index is 273. The second-order valence-corrected chi connectivity index (χ2v) is 6.98.